The summed E-state index contributed by atoms with van der Waals surface area (Å²) in [6.45, 7) is 18.5. The van der Waals surface area contributed by atoms with Gasteiger partial charge < -0.3 is 29.3 Å². The van der Waals surface area contributed by atoms with Crippen LogP contribution in [0.3, 0.4) is 0 Å². The second-order valence-corrected chi connectivity index (χ2v) is 12.4. The first-order valence-corrected chi connectivity index (χ1v) is 16.3. The number of rotatable bonds is 16. The maximum absolute atomic E-state index is 14.7. The fourth-order valence-corrected chi connectivity index (χ4v) is 7.98. The van der Waals surface area contributed by atoms with Crippen LogP contribution in [0.2, 0.25) is 0 Å². The Morgan fingerprint density at radius 3 is 2.34 bits per heavy atom. The van der Waals surface area contributed by atoms with Crippen LogP contribution in [-0.2, 0) is 19.1 Å². The molecule has 0 aliphatic carbocycles. The summed E-state index contributed by atoms with van der Waals surface area (Å²) in [4.78, 5) is 49.1. The Bertz CT molecular complexity index is 1220. The number of anilines is 1. The van der Waals surface area contributed by atoms with Crippen LogP contribution < -0.4 is 9.64 Å². The van der Waals surface area contributed by atoms with E-state index in [-0.39, 0.29) is 36.9 Å². The average molecular weight is 610 g/mol. The minimum absolute atomic E-state index is 0.0778. The molecule has 3 heterocycles. The van der Waals surface area contributed by atoms with Crippen LogP contribution >= 0.6 is 0 Å². The van der Waals surface area contributed by atoms with Crippen molar-refractivity contribution in [2.24, 2.45) is 11.8 Å². The van der Waals surface area contributed by atoms with Crippen LogP contribution in [0, 0.1) is 11.8 Å². The second-order valence-electron chi connectivity index (χ2n) is 12.4. The van der Waals surface area contributed by atoms with Gasteiger partial charge in [-0.1, -0.05) is 39.3 Å². The van der Waals surface area contributed by atoms with Gasteiger partial charge >= 0.3 is 0 Å². The predicted molar refractivity (Wildman–Crippen MR) is 171 cm³/mol. The van der Waals surface area contributed by atoms with E-state index in [2.05, 4.69) is 20.1 Å². The van der Waals surface area contributed by atoms with Gasteiger partial charge in [-0.3, -0.25) is 14.4 Å². The summed E-state index contributed by atoms with van der Waals surface area (Å²) in [5.41, 5.74) is -1.38. The molecule has 3 aliphatic heterocycles. The molecular formula is C35H51N3O6. The van der Waals surface area contributed by atoms with Gasteiger partial charge in [0.05, 0.1) is 36.7 Å². The quantitative estimate of drug-likeness (QED) is 0.272. The molecule has 0 saturated carbocycles. The van der Waals surface area contributed by atoms with Crippen molar-refractivity contribution in [2.75, 3.05) is 31.2 Å². The number of benzene rings is 1. The molecule has 0 radical (unpaired) electrons. The number of aliphatic hydroxyl groups is 1. The van der Waals surface area contributed by atoms with Gasteiger partial charge in [0.25, 0.3) is 0 Å². The van der Waals surface area contributed by atoms with Crippen LogP contribution in [0.1, 0.15) is 73.1 Å². The predicted octanol–water partition coefficient (Wildman–Crippen LogP) is 4.73. The van der Waals surface area contributed by atoms with Crippen molar-refractivity contribution in [2.45, 2.75) is 102 Å². The maximum Gasteiger partial charge on any atom is 0.248 e. The van der Waals surface area contributed by atoms with E-state index in [1.165, 1.54) is 0 Å². The Morgan fingerprint density at radius 2 is 1.80 bits per heavy atom. The second kappa shape index (κ2) is 13.9. The molecule has 2 bridgehead atoms. The fourth-order valence-electron chi connectivity index (χ4n) is 7.98. The van der Waals surface area contributed by atoms with Gasteiger partial charge in [-0.05, 0) is 70.2 Å². The molecule has 44 heavy (non-hydrogen) atoms. The third kappa shape index (κ3) is 5.47. The Balaban J connectivity index is 1.83. The lowest BCUT2D eigenvalue weighted by Gasteiger charge is -2.41. The molecule has 3 aliphatic rings. The molecule has 1 aromatic carbocycles. The van der Waals surface area contributed by atoms with Crippen LogP contribution in [0.25, 0.3) is 0 Å². The Hall–Kier alpha value is -3.17. The molecule has 1 spiro atoms. The van der Waals surface area contributed by atoms with Crippen molar-refractivity contribution < 1.29 is 29.0 Å². The molecule has 7 atom stereocenters. The summed E-state index contributed by atoms with van der Waals surface area (Å²) in [6.07, 6.45) is 7.13. The molecule has 4 rings (SSSR count). The first-order chi connectivity index (χ1) is 21.1. The van der Waals surface area contributed by atoms with Gasteiger partial charge in [-0.2, -0.15) is 0 Å². The summed E-state index contributed by atoms with van der Waals surface area (Å²) >= 11 is 0. The zero-order valence-corrected chi connectivity index (χ0v) is 27.2. The summed E-state index contributed by atoms with van der Waals surface area (Å²) in [6, 6.07) is 5.73. The first-order valence-electron chi connectivity index (χ1n) is 16.3. The zero-order chi connectivity index (χ0) is 32.2. The van der Waals surface area contributed by atoms with Gasteiger partial charge in [0, 0.05) is 24.8 Å². The van der Waals surface area contributed by atoms with Crippen LogP contribution in [0.5, 0.6) is 5.75 Å². The standard InChI is InChI=1S/C35H51N3O6/c1-8-14-24(7)36(21-9-2)33(42)30-35-20-19-34(12-5,44-35)28(29(35)32(41)38(30)25(11-4)23-39)31(40)37(22-10-3)26-15-17-27(18-16-26)43-13-6/h9-10,15-18,24-25,28-30,39H,2-3,8,11-14,19-23H2,1,4-7H3/t24?,25-,28+,29-,30?,34-,35?/m0/s1. The topological polar surface area (TPSA) is 99.6 Å². The number of hydrogen-bond acceptors (Lipinski definition) is 6. The van der Waals surface area contributed by atoms with E-state index in [1.54, 1.807) is 26.9 Å². The molecule has 3 fully saturated rings. The van der Waals surface area contributed by atoms with Crippen molar-refractivity contribution in [3.8, 4) is 5.75 Å². The number of nitrogens with zero attached hydrogens (tertiary/aromatic N) is 3. The molecule has 242 valence electrons. The fraction of sp³-hybridized carbons (Fsp3) is 0.629. The van der Waals surface area contributed by atoms with Gasteiger partial charge in [-0.15, -0.1) is 13.2 Å². The number of hydrogen-bond donors (Lipinski definition) is 1. The van der Waals surface area contributed by atoms with Gasteiger partial charge in [0.1, 0.15) is 17.4 Å². The minimum Gasteiger partial charge on any atom is -0.494 e. The SMILES string of the molecule is C=CCN(C(=O)[C@H]1[C@H]2C(=O)N([C@@H](CC)CO)C(C(=O)N(CC=C)C(C)CCC)C23CC[C@]1(CC)O3)c1ccc(OCC)cc1. The van der Waals surface area contributed by atoms with Crippen molar-refractivity contribution in [1.29, 1.82) is 0 Å². The van der Waals surface area contributed by atoms with Crippen molar-refractivity contribution in [3.63, 3.8) is 0 Å². The number of carbonyl (C=O) groups is 3. The van der Waals surface area contributed by atoms with E-state index in [0.29, 0.717) is 50.3 Å². The molecule has 0 aromatic heterocycles. The highest BCUT2D eigenvalue weighted by Gasteiger charge is 2.79. The molecule has 1 N–H and O–H groups in total. The summed E-state index contributed by atoms with van der Waals surface area (Å²) in [5, 5.41) is 10.4. The van der Waals surface area contributed by atoms with E-state index in [0.717, 1.165) is 12.8 Å². The van der Waals surface area contributed by atoms with Crippen LogP contribution in [0.15, 0.2) is 49.6 Å². The number of carbonyl (C=O) groups excluding carboxylic acids is 3. The van der Waals surface area contributed by atoms with E-state index in [1.807, 2.05) is 52.0 Å². The number of likely N-dealkylation sites (tertiary alicyclic amines) is 1. The largest absolute Gasteiger partial charge is 0.494 e. The number of aliphatic hydroxyl groups excluding tert-OH is 1. The van der Waals surface area contributed by atoms with Crippen LogP contribution in [-0.4, -0.2) is 88.3 Å². The van der Waals surface area contributed by atoms with E-state index < -0.39 is 35.1 Å². The lowest BCUT2D eigenvalue weighted by Crippen LogP contribution is -2.60. The Labute approximate surface area is 262 Å². The van der Waals surface area contributed by atoms with Gasteiger partial charge in [0.2, 0.25) is 17.7 Å². The van der Waals surface area contributed by atoms with E-state index in [9.17, 15) is 19.5 Å². The molecule has 3 amide bonds. The Kier molecular flexibility index (Phi) is 10.6. The molecular weight excluding hydrogens is 558 g/mol. The van der Waals surface area contributed by atoms with Crippen LogP contribution in [0.4, 0.5) is 5.69 Å². The molecule has 1 aromatic rings. The number of amides is 3. The first kappa shape index (κ1) is 33.7. The van der Waals surface area contributed by atoms with E-state index in [4.69, 9.17) is 9.47 Å². The smallest absolute Gasteiger partial charge is 0.248 e. The summed E-state index contributed by atoms with van der Waals surface area (Å²) in [7, 11) is 0. The molecule has 9 nitrogen and oxygen atoms in total. The molecule has 3 unspecified atom stereocenters. The van der Waals surface area contributed by atoms with Crippen molar-refractivity contribution in [1.82, 2.24) is 9.80 Å². The number of fused-ring (bicyclic) bond motifs is 1. The van der Waals surface area contributed by atoms with Gasteiger partial charge in [-0.25, -0.2) is 0 Å². The summed E-state index contributed by atoms with van der Waals surface area (Å²) in [5.74, 6) is -1.65. The van der Waals surface area contributed by atoms with Crippen molar-refractivity contribution >= 4 is 23.4 Å². The third-order valence-electron chi connectivity index (χ3n) is 10.1. The van der Waals surface area contributed by atoms with Gasteiger partial charge in [0.15, 0.2) is 0 Å². The third-order valence-corrected chi connectivity index (χ3v) is 10.1. The van der Waals surface area contributed by atoms with Crippen molar-refractivity contribution in [3.05, 3.63) is 49.6 Å². The number of ether oxygens (including phenoxy) is 2. The summed E-state index contributed by atoms with van der Waals surface area (Å²) < 4.78 is 12.6. The highest BCUT2D eigenvalue weighted by atomic mass is 16.5. The lowest BCUT2D eigenvalue weighted by atomic mass is 9.64. The highest BCUT2D eigenvalue weighted by molar-refractivity contribution is 6.03. The molecule has 3 saturated heterocycles. The van der Waals surface area contributed by atoms with E-state index >= 15 is 0 Å². The normalized spacial score (nSPS) is 28.4. The maximum atomic E-state index is 14.7. The minimum atomic E-state index is -1.17. The lowest BCUT2D eigenvalue weighted by molar-refractivity contribution is -0.157. The average Bonchev–Trinajstić information content (AvgIpc) is 3.63. The Morgan fingerprint density at radius 1 is 1.11 bits per heavy atom. The zero-order valence-electron chi connectivity index (χ0n) is 27.2. The highest BCUT2D eigenvalue weighted by Crippen LogP contribution is 2.65. The molecule has 9 heteroatoms. The monoisotopic (exact) mass is 609 g/mol.